The van der Waals surface area contributed by atoms with Crippen LogP contribution in [0.25, 0.3) is 209 Å². The normalized spacial score (nSPS) is 13.2. The Hall–Kier alpha value is -17.5. The van der Waals surface area contributed by atoms with Crippen molar-refractivity contribution in [2.75, 3.05) is 0 Å². The number of para-hydroxylation sites is 14. The highest BCUT2D eigenvalue weighted by molar-refractivity contribution is 6.21. The Morgan fingerprint density at radius 2 is 0.557 bits per heavy atom. The molecule has 0 fully saturated rings. The second-order valence-electron chi connectivity index (χ2n) is 33.4. The van der Waals surface area contributed by atoms with Gasteiger partial charge in [-0.15, -0.1) is 0 Å². The maximum atomic E-state index is 8.79. The van der Waals surface area contributed by atoms with Gasteiger partial charge in [0, 0.05) is 121 Å². The molecule has 0 bridgehead atoms. The summed E-state index contributed by atoms with van der Waals surface area (Å²) >= 11 is 0.801. The molecule has 0 spiro atoms. The zero-order chi connectivity index (χ0) is 110. The summed E-state index contributed by atoms with van der Waals surface area (Å²) in [4.78, 5) is 8.81. The van der Waals surface area contributed by atoms with E-state index in [0.29, 0.717) is 24.2 Å². The molecular formula is C127H88Al2N8O3. The van der Waals surface area contributed by atoms with Gasteiger partial charge in [0.15, 0.2) is 0 Å². The second-order valence-corrected chi connectivity index (χ2v) is 34.4. The molecule has 0 saturated heterocycles. The quantitative estimate of drug-likeness (QED) is 0.107. The largest absolute Gasteiger partial charge is 0.881 e. The van der Waals surface area contributed by atoms with Crippen molar-refractivity contribution in [3.05, 3.63) is 515 Å². The third-order valence-electron chi connectivity index (χ3n) is 25.4. The van der Waals surface area contributed by atoms with Crippen LogP contribution in [0.15, 0.2) is 509 Å². The van der Waals surface area contributed by atoms with E-state index in [4.69, 9.17) is 37.4 Å². The third-order valence-corrected chi connectivity index (χ3v) is 26.4. The van der Waals surface area contributed by atoms with Crippen molar-refractivity contribution in [1.82, 2.24) is 37.4 Å². The summed E-state index contributed by atoms with van der Waals surface area (Å²) in [6.07, 6.45) is 1.77. The maximum Gasteiger partial charge on any atom is 0.881 e. The number of hydrogen-bond donors (Lipinski definition) is 0. The standard InChI is InChI=1S/C36H24N2.2C30H20N2.C12H10O.C10H9NO.C9H7NO.2Al.H/c1-5-13-33-29(9-1)30-10-2-6-14-34(30)37(33)27-21-17-25(18-22-27)26-19-23-28(24-20-26)38-35-15-7-3-11-31(35)32-12-4-8-16-36(32)38;2*1-5-16-27-23(12-1)24-13-2-6-17-28(24)31(27)21-10-9-11-22(20-21)32-29-18-7-3-14-25(29)26-15-4-8-19-30(26)32;13-12-8-6-11(7-9-12)10-4-2-1-3-5-10;1-7-5-6-8-3-2-4-9(12)10(8)11-7;11-8-5-1-3-7-4-2-6-10-9(7)8;;;/h1-24H;2*1-20H;1-9,13H;2-6,12H,1H3;1-6,11H;;;/q;;;;;;+1;+2;/p-3/i;1D,2D,3D,4D,5D,6D,7D,8D,12D,13D,14D,16D,17D,18D,19D;1D,2D,3D,4D;;;;;;. The van der Waals surface area contributed by atoms with Gasteiger partial charge >= 0.3 is 32.5 Å². The Morgan fingerprint density at radius 3 is 1.00 bits per heavy atom. The van der Waals surface area contributed by atoms with Gasteiger partial charge in [0.25, 0.3) is 0 Å². The van der Waals surface area contributed by atoms with E-state index in [9.17, 15) is 0 Å². The number of rotatable bonds is 13. The minimum absolute atomic E-state index is 0.0206. The molecule has 0 aliphatic rings. The molecule has 11 nitrogen and oxygen atoms in total. The van der Waals surface area contributed by atoms with Crippen molar-refractivity contribution < 1.29 is 37.4 Å². The molecule has 660 valence electrons. The molecule has 28 aromatic rings. The molecule has 0 N–H and O–H groups in total. The van der Waals surface area contributed by atoms with Gasteiger partial charge in [0.05, 0.1) is 98.0 Å². The summed E-state index contributed by atoms with van der Waals surface area (Å²) in [7, 11) is 0. The van der Waals surface area contributed by atoms with E-state index in [1.54, 1.807) is 48.7 Å². The van der Waals surface area contributed by atoms with Crippen molar-refractivity contribution in [2.24, 2.45) is 0 Å². The summed E-state index contributed by atoms with van der Waals surface area (Å²) in [5.74, 6) is 2.41. The van der Waals surface area contributed by atoms with Crippen LogP contribution in [0.2, 0.25) is 0 Å². The van der Waals surface area contributed by atoms with Gasteiger partial charge < -0.3 is 38.8 Å². The van der Waals surface area contributed by atoms with E-state index in [1.807, 2.05) is 146 Å². The molecule has 140 heavy (non-hydrogen) atoms. The maximum absolute atomic E-state index is 8.79. The van der Waals surface area contributed by atoms with Crippen LogP contribution >= 0.6 is 0 Å². The van der Waals surface area contributed by atoms with Gasteiger partial charge in [-0.2, -0.15) is 0 Å². The Labute approximate surface area is 850 Å². The van der Waals surface area contributed by atoms with Gasteiger partial charge in [-0.25, -0.2) is 4.98 Å². The summed E-state index contributed by atoms with van der Waals surface area (Å²) in [5, 5.41) is 11.1. The van der Waals surface area contributed by atoms with E-state index in [-0.39, 0.29) is 61.0 Å². The minimum Gasteiger partial charge on any atom is -0.649 e. The van der Waals surface area contributed by atoms with Crippen molar-refractivity contribution in [2.45, 2.75) is 6.92 Å². The second kappa shape index (κ2) is 37.6. The monoisotopic (exact) mass is 1850 g/mol. The first-order chi connectivity index (χ1) is 77.2. The molecule has 0 unspecified atom stereocenters. The lowest BCUT2D eigenvalue weighted by Crippen LogP contribution is -2.11. The number of hydrogen-bond acceptors (Lipinski definition) is 5. The van der Waals surface area contributed by atoms with Crippen LogP contribution in [-0.4, -0.2) is 69.9 Å². The van der Waals surface area contributed by atoms with Crippen LogP contribution < -0.4 is 11.4 Å². The Kier molecular flexibility index (Phi) is 18.0. The summed E-state index contributed by atoms with van der Waals surface area (Å²) in [6.45, 7) is 1.98. The molecule has 0 saturated carbocycles. The van der Waals surface area contributed by atoms with Crippen molar-refractivity contribution in [1.29, 1.82) is 0 Å². The summed E-state index contributed by atoms with van der Waals surface area (Å²) in [5.41, 5.74) is 21.0. The summed E-state index contributed by atoms with van der Waals surface area (Å²) < 4.78 is 189. The highest BCUT2D eigenvalue weighted by atomic mass is 27.2. The molecule has 8 aromatic heterocycles. The number of aryl methyl sites for hydroxylation is 1. The van der Waals surface area contributed by atoms with Gasteiger partial charge in [-0.1, -0.05) is 333 Å². The lowest BCUT2D eigenvalue weighted by Gasteiger charge is -2.12. The number of fused-ring (bicyclic) bond motifs is 20. The van der Waals surface area contributed by atoms with E-state index in [2.05, 4.69) is 222 Å². The van der Waals surface area contributed by atoms with Crippen molar-refractivity contribution >= 4 is 185 Å². The molecule has 13 heteroatoms. The molecule has 8 heterocycles. The van der Waals surface area contributed by atoms with E-state index < -0.39 is 100 Å². The topological polar surface area (TPSA) is 83.1 Å². The first kappa shape index (κ1) is 66.8. The molecule has 0 amide bonds. The van der Waals surface area contributed by atoms with Crippen molar-refractivity contribution in [3.63, 3.8) is 0 Å². The fourth-order valence-corrected chi connectivity index (χ4v) is 20.0. The van der Waals surface area contributed by atoms with Gasteiger partial charge in [-0.3, -0.25) is 4.98 Å². The van der Waals surface area contributed by atoms with Gasteiger partial charge in [-0.05, 0) is 199 Å². The summed E-state index contributed by atoms with van der Waals surface area (Å²) in [6, 6.07) is 123. The van der Waals surface area contributed by atoms with Gasteiger partial charge in [0.1, 0.15) is 22.5 Å². The first-order valence-electron chi connectivity index (χ1n) is 55.0. The molecule has 20 aromatic carbocycles. The fraction of sp³-hybridized carbons (Fsp3) is 0.00787. The van der Waals surface area contributed by atoms with Gasteiger partial charge in [0.2, 0.25) is 0 Å². The number of benzene rings is 20. The van der Waals surface area contributed by atoms with Crippen LogP contribution in [0, 0.1) is 6.92 Å². The number of nitrogens with zero attached hydrogens (tertiary/aromatic N) is 8. The highest BCUT2D eigenvalue weighted by Gasteiger charge is 2.21. The zero-order valence-corrected chi connectivity index (χ0v) is 77.7. The van der Waals surface area contributed by atoms with Crippen LogP contribution in [0.4, 0.5) is 0 Å². The average Bonchev–Trinajstić information content (AvgIpc) is 1.54. The molecule has 0 aliphatic heterocycles. The minimum atomic E-state index is -0.665. The number of aromatic nitrogens is 8. The van der Waals surface area contributed by atoms with Crippen LogP contribution in [0.3, 0.4) is 0 Å². The van der Waals surface area contributed by atoms with E-state index in [1.165, 1.54) is 115 Å². The Balaban J connectivity index is 0.000000109. The Morgan fingerprint density at radius 1 is 0.236 bits per heavy atom. The molecule has 28 rings (SSSR count). The molecular weight excluding hydrogens is 1740 g/mol. The van der Waals surface area contributed by atoms with Crippen molar-refractivity contribution in [3.8, 4) is 73.6 Å². The first-order valence-corrected chi connectivity index (χ1v) is 47.1. The highest BCUT2D eigenvalue weighted by Crippen LogP contribution is 2.42. The fourth-order valence-electron chi connectivity index (χ4n) is 19.1. The molecule has 2 radical (unpaired) electrons. The molecule has 0 aliphatic carbocycles. The van der Waals surface area contributed by atoms with Crippen LogP contribution in [0.1, 0.15) is 31.7 Å². The predicted molar refractivity (Wildman–Crippen MR) is 586 cm³/mol. The number of pyridine rings is 2. The van der Waals surface area contributed by atoms with E-state index in [0.717, 1.165) is 99.7 Å². The van der Waals surface area contributed by atoms with E-state index >= 15 is 0 Å². The lowest BCUT2D eigenvalue weighted by molar-refractivity contribution is 0.461. The predicted octanol–water partition coefficient (Wildman–Crippen LogP) is 31.9. The Bertz CT molecular complexity index is 10200. The van der Waals surface area contributed by atoms with Crippen LogP contribution in [-0.2, 0) is 0 Å². The smallest absolute Gasteiger partial charge is 0.649 e. The third kappa shape index (κ3) is 15.9. The molecule has 0 atom stereocenters. The average molecular weight is 1850 g/mol. The van der Waals surface area contributed by atoms with Crippen LogP contribution in [0.5, 0.6) is 17.2 Å². The SMILES string of the molecule is Cc1ccc2cccc([O][Al][O]c3ccc(-c4ccccc4)cc3)c2n1.[2H]c1cc2c3c([2H])c([2H])c([2H])c([2H])c3n(-c3cccc(-n4c5c([2H])c([2H])c([2H])c([2H])c5c5c([2H])c([2H])c([2H])c([2H])c54)c3)c2c([2H])c1[2H].[2H]c1ccc2c(c1)c1cc([2H])ccc1n2-c1cccc(-n2c3ccc([2H])cc3c3cc([2H])ccc32)c1.[AlH][O]c1cccc2cccnc12.c1ccc2c(c1)c1ccccc1n2-c1ccc(-c2ccc(-n3c4ccccc4c4ccccc43)cc2)cc1. The lowest BCUT2D eigenvalue weighted by atomic mass is 10.0. The zero-order valence-electron chi connectivity index (χ0n) is 94.1.